The van der Waals surface area contributed by atoms with Crippen LogP contribution in [0.5, 0.6) is 0 Å². The third kappa shape index (κ3) is 3.03. The van der Waals surface area contributed by atoms with Crippen LogP contribution in [0.3, 0.4) is 0 Å². The van der Waals surface area contributed by atoms with E-state index in [1.807, 2.05) is 0 Å². The van der Waals surface area contributed by atoms with E-state index in [0.717, 1.165) is 0 Å². The van der Waals surface area contributed by atoms with Gasteiger partial charge in [0.1, 0.15) is 0 Å². The second-order valence-corrected chi connectivity index (χ2v) is 3.25. The molecule has 0 spiro atoms. The fourth-order valence-corrected chi connectivity index (χ4v) is 0.927. The van der Waals surface area contributed by atoms with Gasteiger partial charge in [0.2, 0.25) is 4.87 Å². The molecular weight excluding hydrogens is 208 g/mol. The summed E-state index contributed by atoms with van der Waals surface area (Å²) in [6, 6.07) is 0. The summed E-state index contributed by atoms with van der Waals surface area (Å²) in [5, 5.41) is 8.79. The maximum atomic E-state index is 11.2. The van der Waals surface area contributed by atoms with Crippen molar-refractivity contribution in [1.82, 2.24) is 0 Å². The molecule has 0 heterocycles. The van der Waals surface area contributed by atoms with Crippen molar-refractivity contribution in [1.29, 1.82) is 0 Å². The average molecular weight is 221 g/mol. The van der Waals surface area contributed by atoms with Crippen molar-refractivity contribution < 1.29 is 19.4 Å². The number of rotatable bonds is 5. The molecule has 0 rings (SSSR count). The molecule has 1 atom stereocenters. The smallest absolute Gasteiger partial charge is 0.339 e. The Morgan fingerprint density at radius 3 is 2.50 bits per heavy atom. The van der Waals surface area contributed by atoms with Gasteiger partial charge in [0.15, 0.2) is 0 Å². The van der Waals surface area contributed by atoms with Gasteiger partial charge in [0.25, 0.3) is 0 Å². The van der Waals surface area contributed by atoms with Crippen molar-refractivity contribution in [2.75, 3.05) is 6.61 Å². The Bertz CT molecular complexity index is 249. The predicted molar refractivity (Wildman–Crippen MR) is 52.3 cm³/mol. The van der Waals surface area contributed by atoms with E-state index in [1.165, 1.54) is 6.08 Å². The molecule has 0 saturated heterocycles. The van der Waals surface area contributed by atoms with Gasteiger partial charge in [-0.3, -0.25) is 0 Å². The van der Waals surface area contributed by atoms with E-state index in [1.54, 1.807) is 19.9 Å². The van der Waals surface area contributed by atoms with Crippen molar-refractivity contribution in [3.8, 4) is 0 Å². The minimum atomic E-state index is -2.00. The quantitative estimate of drug-likeness (QED) is 0.331. The van der Waals surface area contributed by atoms with Crippen LogP contribution in [0.2, 0.25) is 0 Å². The number of aliphatic carboxylic acids is 1. The van der Waals surface area contributed by atoms with Gasteiger partial charge >= 0.3 is 11.9 Å². The number of alkyl halides is 1. The molecule has 0 aromatic heterocycles. The number of carbonyl (C=O) groups is 2. The Morgan fingerprint density at radius 1 is 1.57 bits per heavy atom. The molecule has 0 aliphatic carbocycles. The van der Waals surface area contributed by atoms with Crippen molar-refractivity contribution in [3.05, 3.63) is 12.2 Å². The Morgan fingerprint density at radius 2 is 2.14 bits per heavy atom. The first-order valence-corrected chi connectivity index (χ1v) is 4.57. The van der Waals surface area contributed by atoms with Crippen LogP contribution >= 0.6 is 11.6 Å². The number of carbonyl (C=O) groups excluding carboxylic acids is 1. The van der Waals surface area contributed by atoms with Gasteiger partial charge in [0, 0.05) is 6.42 Å². The summed E-state index contributed by atoms with van der Waals surface area (Å²) >= 11 is 5.66. The Labute approximate surface area is 87.5 Å². The van der Waals surface area contributed by atoms with Gasteiger partial charge in [-0.05, 0) is 13.8 Å². The lowest BCUT2D eigenvalue weighted by molar-refractivity contribution is -0.155. The number of esters is 1. The molecule has 0 fully saturated rings. The lowest BCUT2D eigenvalue weighted by Crippen LogP contribution is -2.42. The number of allylic oxidation sites excluding steroid dienone is 2. The predicted octanol–water partition coefficient (Wildman–Crippen LogP) is 1.58. The van der Waals surface area contributed by atoms with Crippen LogP contribution in [-0.4, -0.2) is 28.5 Å². The van der Waals surface area contributed by atoms with Crippen molar-refractivity contribution >= 4 is 23.5 Å². The third-order valence-electron chi connectivity index (χ3n) is 1.57. The molecule has 0 aliphatic rings. The van der Waals surface area contributed by atoms with Gasteiger partial charge in [-0.15, -0.1) is 0 Å². The molecule has 0 bridgehead atoms. The molecule has 4 nitrogen and oxygen atoms in total. The Balaban J connectivity index is 4.70. The van der Waals surface area contributed by atoms with Crippen molar-refractivity contribution in [3.63, 3.8) is 0 Å². The number of carboxylic acids is 1. The SMILES string of the molecule is CC=CCC(Cl)(C(=O)O)C(=O)OCC. The Kier molecular flexibility index (Phi) is 5.23. The average Bonchev–Trinajstić information content (AvgIpc) is 2.14. The summed E-state index contributed by atoms with van der Waals surface area (Å²) in [5.41, 5.74) is 0. The second kappa shape index (κ2) is 5.65. The van der Waals surface area contributed by atoms with Gasteiger partial charge in [-0.2, -0.15) is 0 Å². The molecule has 14 heavy (non-hydrogen) atoms. The number of halogens is 1. The molecule has 0 saturated carbocycles. The second-order valence-electron chi connectivity index (χ2n) is 2.60. The highest BCUT2D eigenvalue weighted by molar-refractivity contribution is 6.44. The number of ether oxygens (including phenoxy) is 1. The zero-order valence-electron chi connectivity index (χ0n) is 8.12. The van der Waals surface area contributed by atoms with E-state index in [9.17, 15) is 9.59 Å². The summed E-state index contributed by atoms with van der Waals surface area (Å²) in [7, 11) is 0. The highest BCUT2D eigenvalue weighted by Crippen LogP contribution is 2.23. The van der Waals surface area contributed by atoms with E-state index in [2.05, 4.69) is 4.74 Å². The maximum absolute atomic E-state index is 11.2. The van der Waals surface area contributed by atoms with Crippen LogP contribution in [0.4, 0.5) is 0 Å². The summed E-state index contributed by atoms with van der Waals surface area (Å²) < 4.78 is 4.58. The lowest BCUT2D eigenvalue weighted by Gasteiger charge is -2.18. The van der Waals surface area contributed by atoms with E-state index >= 15 is 0 Å². The zero-order chi connectivity index (χ0) is 11.2. The van der Waals surface area contributed by atoms with E-state index in [4.69, 9.17) is 16.7 Å². The van der Waals surface area contributed by atoms with Crippen LogP contribution in [0, 0.1) is 0 Å². The fourth-order valence-electron chi connectivity index (χ4n) is 0.784. The molecule has 0 amide bonds. The van der Waals surface area contributed by atoms with Crippen LogP contribution < -0.4 is 0 Å². The van der Waals surface area contributed by atoms with Gasteiger partial charge < -0.3 is 9.84 Å². The van der Waals surface area contributed by atoms with E-state index < -0.39 is 16.8 Å². The highest BCUT2D eigenvalue weighted by Gasteiger charge is 2.44. The molecule has 5 heteroatoms. The van der Waals surface area contributed by atoms with Gasteiger partial charge in [0.05, 0.1) is 6.61 Å². The van der Waals surface area contributed by atoms with E-state index in [0.29, 0.717) is 0 Å². The molecular formula is C9H13ClO4. The lowest BCUT2D eigenvalue weighted by atomic mass is 10.1. The van der Waals surface area contributed by atoms with Crippen LogP contribution in [-0.2, 0) is 14.3 Å². The molecule has 1 unspecified atom stereocenters. The monoisotopic (exact) mass is 220 g/mol. The largest absolute Gasteiger partial charge is 0.479 e. The zero-order valence-corrected chi connectivity index (χ0v) is 8.87. The number of carboxylic acid groups (broad SMARTS) is 1. The standard InChI is InChI=1S/C9H13ClO4/c1-3-5-6-9(10,7(11)12)8(13)14-4-2/h3,5H,4,6H2,1-2H3,(H,11,12). The molecule has 0 radical (unpaired) electrons. The topological polar surface area (TPSA) is 63.6 Å². The normalized spacial score (nSPS) is 15.1. The summed E-state index contributed by atoms with van der Waals surface area (Å²) in [4.78, 5) is 20.0. The summed E-state index contributed by atoms with van der Waals surface area (Å²) in [6.07, 6.45) is 3.05. The van der Waals surface area contributed by atoms with Crippen LogP contribution in [0.1, 0.15) is 20.3 Å². The molecule has 0 aromatic rings. The molecule has 1 N–H and O–H groups in total. The third-order valence-corrected chi connectivity index (χ3v) is 2.04. The minimum Gasteiger partial charge on any atom is -0.479 e. The van der Waals surface area contributed by atoms with Crippen LogP contribution in [0.25, 0.3) is 0 Å². The van der Waals surface area contributed by atoms with Crippen molar-refractivity contribution in [2.45, 2.75) is 25.1 Å². The minimum absolute atomic E-state index is 0.0841. The fraction of sp³-hybridized carbons (Fsp3) is 0.556. The maximum Gasteiger partial charge on any atom is 0.339 e. The van der Waals surface area contributed by atoms with Crippen LogP contribution in [0.15, 0.2) is 12.2 Å². The van der Waals surface area contributed by atoms with Gasteiger partial charge in [-0.25, -0.2) is 9.59 Å². The Hall–Kier alpha value is -1.03. The molecule has 80 valence electrons. The summed E-state index contributed by atoms with van der Waals surface area (Å²) in [5.74, 6) is -2.32. The number of hydrogen-bond acceptors (Lipinski definition) is 3. The summed E-state index contributed by atoms with van der Waals surface area (Å²) in [6.45, 7) is 3.41. The first kappa shape index (κ1) is 13.0. The van der Waals surface area contributed by atoms with Crippen molar-refractivity contribution in [2.24, 2.45) is 0 Å². The molecule has 0 aromatic carbocycles. The van der Waals surface area contributed by atoms with Gasteiger partial charge in [-0.1, -0.05) is 23.8 Å². The molecule has 0 aliphatic heterocycles. The van der Waals surface area contributed by atoms with E-state index in [-0.39, 0.29) is 13.0 Å². The first-order valence-electron chi connectivity index (χ1n) is 4.19. The number of hydrogen-bond donors (Lipinski definition) is 1. The first-order chi connectivity index (χ1) is 6.49. The highest BCUT2D eigenvalue weighted by atomic mass is 35.5.